The van der Waals surface area contributed by atoms with Crippen LogP contribution in [-0.4, -0.2) is 43.0 Å². The largest absolute Gasteiger partial charge is 0.459 e. The number of amides is 2. The zero-order chi connectivity index (χ0) is 22.1. The van der Waals surface area contributed by atoms with Gasteiger partial charge in [-0.3, -0.25) is 14.4 Å². The zero-order valence-electron chi connectivity index (χ0n) is 17.1. The summed E-state index contributed by atoms with van der Waals surface area (Å²) >= 11 is 0. The highest BCUT2D eigenvalue weighted by atomic mass is 16.5. The Kier molecular flexibility index (Phi) is 8.10. The maximum Gasteiger partial charge on any atom is 0.338 e. The van der Waals surface area contributed by atoms with Gasteiger partial charge in [0, 0.05) is 11.3 Å². The molecule has 2 rings (SSSR count). The van der Waals surface area contributed by atoms with E-state index < -0.39 is 30.4 Å². The third-order valence-electron chi connectivity index (χ3n) is 3.78. The van der Waals surface area contributed by atoms with Crippen molar-refractivity contribution in [3.8, 4) is 0 Å². The predicted molar refractivity (Wildman–Crippen MR) is 110 cm³/mol. The first-order valence-corrected chi connectivity index (χ1v) is 9.36. The van der Waals surface area contributed by atoms with Crippen molar-refractivity contribution < 1.29 is 28.7 Å². The van der Waals surface area contributed by atoms with Crippen molar-refractivity contribution in [3.63, 3.8) is 0 Å². The summed E-state index contributed by atoms with van der Waals surface area (Å²) in [7, 11) is 0. The number of hydrogen-bond acceptors (Lipinski definition) is 6. The molecule has 30 heavy (non-hydrogen) atoms. The van der Waals surface area contributed by atoms with Gasteiger partial charge in [-0.25, -0.2) is 4.79 Å². The highest BCUT2D eigenvalue weighted by molar-refractivity contribution is 5.97. The number of rotatable bonds is 8. The lowest BCUT2D eigenvalue weighted by Crippen LogP contribution is -2.32. The van der Waals surface area contributed by atoms with Crippen molar-refractivity contribution in [1.29, 1.82) is 0 Å². The average Bonchev–Trinajstić information content (AvgIpc) is 2.70. The molecule has 0 fully saturated rings. The fraction of sp³-hybridized carbons (Fsp3) is 0.273. The van der Waals surface area contributed by atoms with Gasteiger partial charge in [0.25, 0.3) is 11.8 Å². The fourth-order valence-corrected chi connectivity index (χ4v) is 2.41. The second kappa shape index (κ2) is 10.8. The van der Waals surface area contributed by atoms with Gasteiger partial charge < -0.3 is 20.1 Å². The van der Waals surface area contributed by atoms with Gasteiger partial charge in [-0.2, -0.15) is 0 Å². The van der Waals surface area contributed by atoms with Crippen LogP contribution in [0.2, 0.25) is 0 Å². The van der Waals surface area contributed by atoms with Crippen LogP contribution in [0.5, 0.6) is 0 Å². The Morgan fingerprint density at radius 1 is 0.967 bits per heavy atom. The van der Waals surface area contributed by atoms with Crippen LogP contribution in [-0.2, 0) is 19.1 Å². The van der Waals surface area contributed by atoms with E-state index in [4.69, 9.17) is 9.47 Å². The Hall–Kier alpha value is -3.68. The van der Waals surface area contributed by atoms with Crippen molar-refractivity contribution in [2.75, 3.05) is 18.5 Å². The van der Waals surface area contributed by atoms with Crippen LogP contribution < -0.4 is 10.6 Å². The molecule has 0 saturated heterocycles. The molecule has 0 aliphatic heterocycles. The number of carbonyl (C=O) groups excluding carboxylic acids is 4. The van der Waals surface area contributed by atoms with Crippen LogP contribution in [0.1, 0.15) is 40.1 Å². The van der Waals surface area contributed by atoms with Crippen LogP contribution in [0, 0.1) is 6.92 Å². The van der Waals surface area contributed by atoms with Gasteiger partial charge in [-0.05, 0) is 57.2 Å². The Bertz CT molecular complexity index is 921. The fourth-order valence-electron chi connectivity index (χ4n) is 2.41. The first kappa shape index (κ1) is 22.6. The van der Waals surface area contributed by atoms with Gasteiger partial charge >= 0.3 is 11.9 Å². The van der Waals surface area contributed by atoms with E-state index in [1.54, 1.807) is 44.2 Å². The highest BCUT2D eigenvalue weighted by Gasteiger charge is 2.12. The smallest absolute Gasteiger partial charge is 0.338 e. The van der Waals surface area contributed by atoms with Gasteiger partial charge in [0.05, 0.1) is 11.7 Å². The van der Waals surface area contributed by atoms with E-state index in [2.05, 4.69) is 10.6 Å². The molecule has 8 nitrogen and oxygen atoms in total. The molecular formula is C22H24N2O6. The molecule has 0 atom stereocenters. The number of anilines is 1. The van der Waals surface area contributed by atoms with Gasteiger partial charge in [0.2, 0.25) is 0 Å². The molecule has 2 amide bonds. The molecule has 0 aromatic heterocycles. The van der Waals surface area contributed by atoms with Gasteiger partial charge in [-0.15, -0.1) is 0 Å². The summed E-state index contributed by atoms with van der Waals surface area (Å²) < 4.78 is 9.93. The van der Waals surface area contributed by atoms with E-state index >= 15 is 0 Å². The highest BCUT2D eigenvalue weighted by Crippen LogP contribution is 2.11. The van der Waals surface area contributed by atoms with E-state index in [1.165, 1.54) is 12.1 Å². The van der Waals surface area contributed by atoms with Crippen LogP contribution in [0.3, 0.4) is 0 Å². The molecule has 0 bridgehead atoms. The molecule has 0 spiro atoms. The Labute approximate surface area is 174 Å². The molecule has 2 aromatic rings. The first-order valence-electron chi connectivity index (χ1n) is 9.36. The Morgan fingerprint density at radius 2 is 1.67 bits per heavy atom. The van der Waals surface area contributed by atoms with Gasteiger partial charge in [0.15, 0.2) is 6.61 Å². The summed E-state index contributed by atoms with van der Waals surface area (Å²) in [4.78, 5) is 47.4. The molecule has 0 unspecified atom stereocenters. The van der Waals surface area contributed by atoms with Crippen LogP contribution in [0.25, 0.3) is 0 Å². The third kappa shape index (κ3) is 7.38. The minimum absolute atomic E-state index is 0.229. The number of carbonyl (C=O) groups is 4. The monoisotopic (exact) mass is 412 g/mol. The Balaban J connectivity index is 1.74. The number of aryl methyl sites for hydroxylation is 1. The molecule has 2 aromatic carbocycles. The normalized spacial score (nSPS) is 10.3. The molecule has 158 valence electrons. The first-order chi connectivity index (χ1) is 14.2. The number of hydrogen-bond donors (Lipinski definition) is 2. The molecule has 0 radical (unpaired) electrons. The van der Waals surface area contributed by atoms with Crippen LogP contribution >= 0.6 is 0 Å². The summed E-state index contributed by atoms with van der Waals surface area (Å²) in [6.45, 7) is 4.50. The van der Waals surface area contributed by atoms with Crippen LogP contribution in [0.15, 0.2) is 48.5 Å². The van der Waals surface area contributed by atoms with E-state index in [0.29, 0.717) is 16.8 Å². The molecule has 0 aliphatic rings. The number of benzene rings is 2. The summed E-state index contributed by atoms with van der Waals surface area (Å²) in [6, 6.07) is 13.1. The lowest BCUT2D eigenvalue weighted by Gasteiger charge is -2.09. The zero-order valence-corrected chi connectivity index (χ0v) is 17.1. The van der Waals surface area contributed by atoms with E-state index in [-0.39, 0.29) is 12.6 Å². The molecule has 0 saturated carbocycles. The van der Waals surface area contributed by atoms with E-state index in [1.807, 2.05) is 13.0 Å². The minimum atomic E-state index is -0.738. The van der Waals surface area contributed by atoms with Gasteiger partial charge in [-0.1, -0.05) is 17.7 Å². The summed E-state index contributed by atoms with van der Waals surface area (Å²) in [6.07, 6.45) is -0.229. The lowest BCUT2D eigenvalue weighted by atomic mass is 10.1. The number of esters is 2. The minimum Gasteiger partial charge on any atom is -0.459 e. The van der Waals surface area contributed by atoms with E-state index in [0.717, 1.165) is 5.56 Å². The second-order valence-corrected chi connectivity index (χ2v) is 6.79. The summed E-state index contributed by atoms with van der Waals surface area (Å²) in [5.41, 5.74) is 2.15. The average molecular weight is 412 g/mol. The van der Waals surface area contributed by atoms with Crippen LogP contribution in [0.4, 0.5) is 5.69 Å². The summed E-state index contributed by atoms with van der Waals surface area (Å²) in [5, 5.41) is 4.99. The van der Waals surface area contributed by atoms with E-state index in [9.17, 15) is 19.2 Å². The summed E-state index contributed by atoms with van der Waals surface area (Å²) in [5.74, 6) is -2.15. The topological polar surface area (TPSA) is 111 Å². The number of nitrogens with one attached hydrogen (secondary N) is 2. The van der Waals surface area contributed by atoms with Crippen molar-refractivity contribution in [2.24, 2.45) is 0 Å². The standard InChI is InChI=1S/C22H24N2O6/c1-14(2)30-22(28)16-7-9-18(10-8-16)24-19(25)13-29-20(26)12-23-21(27)17-6-4-5-15(3)11-17/h4-11,14H,12-13H2,1-3H3,(H,23,27)(H,24,25). The molecular weight excluding hydrogens is 388 g/mol. The molecule has 0 heterocycles. The number of ether oxygens (including phenoxy) is 2. The molecule has 0 aliphatic carbocycles. The molecule has 2 N–H and O–H groups in total. The van der Waals surface area contributed by atoms with Gasteiger partial charge in [0.1, 0.15) is 6.54 Å². The quantitative estimate of drug-likeness (QED) is 0.645. The van der Waals surface area contributed by atoms with Crippen molar-refractivity contribution in [1.82, 2.24) is 5.32 Å². The second-order valence-electron chi connectivity index (χ2n) is 6.79. The van der Waals surface area contributed by atoms with Crippen molar-refractivity contribution in [3.05, 3.63) is 65.2 Å². The lowest BCUT2D eigenvalue weighted by molar-refractivity contribution is -0.146. The maximum absolute atomic E-state index is 12.0. The maximum atomic E-state index is 12.0. The molecule has 8 heteroatoms. The third-order valence-corrected chi connectivity index (χ3v) is 3.78. The predicted octanol–water partition coefficient (Wildman–Crippen LogP) is 2.47. The SMILES string of the molecule is Cc1cccc(C(=O)NCC(=O)OCC(=O)Nc2ccc(C(=O)OC(C)C)cc2)c1. The van der Waals surface area contributed by atoms with Crippen molar-refractivity contribution in [2.45, 2.75) is 26.9 Å². The Morgan fingerprint density at radius 3 is 2.30 bits per heavy atom. The van der Waals surface area contributed by atoms with Crippen molar-refractivity contribution >= 4 is 29.4 Å².